The fourth-order valence-electron chi connectivity index (χ4n) is 1.88. The molecule has 1 aliphatic heterocycles. The molecule has 0 radical (unpaired) electrons. The quantitative estimate of drug-likeness (QED) is 0.667. The molecule has 0 atom stereocenters. The number of nitrogens with zero attached hydrogens (tertiary/aromatic N) is 1. The van der Waals surface area contributed by atoms with Gasteiger partial charge in [0, 0.05) is 11.3 Å². The predicted molar refractivity (Wildman–Crippen MR) is 66.0 cm³/mol. The second-order valence-electron chi connectivity index (χ2n) is 5.19. The van der Waals surface area contributed by atoms with Gasteiger partial charge in [-0.05, 0) is 33.0 Å². The smallest absolute Gasteiger partial charge is 0.141 e. The topological polar surface area (TPSA) is 20.3 Å². The zero-order chi connectivity index (χ0) is 12.1. The van der Waals surface area contributed by atoms with Crippen LogP contribution in [0.1, 0.15) is 47.5 Å². The highest BCUT2D eigenvalue weighted by molar-refractivity contribution is 5.86. The maximum absolute atomic E-state index is 11.9. The monoisotopic (exact) mass is 213 g/mol. The van der Waals surface area contributed by atoms with Crippen molar-refractivity contribution in [2.75, 3.05) is 20.1 Å². The molecule has 0 aliphatic carbocycles. The average molecular weight is 213 g/mol. The van der Waals surface area contributed by atoms with Gasteiger partial charge >= 0.3 is 0 Å². The minimum atomic E-state index is -0.152. The van der Waals surface area contributed by atoms with Crippen molar-refractivity contribution in [2.24, 2.45) is 11.3 Å². The summed E-state index contributed by atoms with van der Waals surface area (Å²) in [5.74, 6) is 0.761. The zero-order valence-electron chi connectivity index (χ0n) is 11.3. The van der Waals surface area contributed by atoms with Gasteiger partial charge in [-0.1, -0.05) is 34.6 Å². The number of likely N-dealkylation sites (tertiary alicyclic amines) is 1. The number of ketones is 1. The number of Topliss-reactive ketones (excluding diaryl/α,β-unsaturated/α-hetero) is 1. The van der Waals surface area contributed by atoms with Crippen molar-refractivity contribution >= 4 is 5.78 Å². The van der Waals surface area contributed by atoms with Gasteiger partial charge in [0.25, 0.3) is 0 Å². The van der Waals surface area contributed by atoms with E-state index in [0.29, 0.717) is 11.7 Å². The standard InChI is InChI=1S/C11H21NO.C2H6/c1-11(2,3)10(13)9-5-7-12(4)8-6-9;1-2/h9H,5-8H2,1-4H3;1-2H3. The van der Waals surface area contributed by atoms with Gasteiger partial charge in [0.2, 0.25) is 0 Å². The van der Waals surface area contributed by atoms with E-state index in [-0.39, 0.29) is 5.41 Å². The minimum Gasteiger partial charge on any atom is -0.306 e. The van der Waals surface area contributed by atoms with Crippen molar-refractivity contribution in [3.05, 3.63) is 0 Å². The van der Waals surface area contributed by atoms with Crippen LogP contribution >= 0.6 is 0 Å². The van der Waals surface area contributed by atoms with E-state index in [9.17, 15) is 4.79 Å². The molecule has 0 saturated carbocycles. The van der Waals surface area contributed by atoms with Crippen LogP contribution in [0.15, 0.2) is 0 Å². The normalized spacial score (nSPS) is 19.3. The summed E-state index contributed by atoms with van der Waals surface area (Å²) in [5, 5.41) is 0. The molecule has 2 nitrogen and oxygen atoms in total. The van der Waals surface area contributed by atoms with Crippen LogP contribution in [0.5, 0.6) is 0 Å². The van der Waals surface area contributed by atoms with Crippen molar-refractivity contribution < 1.29 is 4.79 Å². The first-order chi connectivity index (χ1) is 6.91. The summed E-state index contributed by atoms with van der Waals surface area (Å²) in [6, 6.07) is 0. The Labute approximate surface area is 95.0 Å². The highest BCUT2D eigenvalue weighted by Gasteiger charge is 2.31. The first-order valence-corrected chi connectivity index (χ1v) is 6.14. The molecule has 1 heterocycles. The summed E-state index contributed by atoms with van der Waals surface area (Å²) in [5.41, 5.74) is -0.152. The molecule has 0 aromatic heterocycles. The van der Waals surface area contributed by atoms with Crippen molar-refractivity contribution in [1.82, 2.24) is 4.90 Å². The van der Waals surface area contributed by atoms with Gasteiger partial charge in [-0.15, -0.1) is 0 Å². The first-order valence-electron chi connectivity index (χ1n) is 6.14. The number of carbonyl (C=O) groups is 1. The van der Waals surface area contributed by atoms with Crippen LogP contribution in [0.3, 0.4) is 0 Å². The van der Waals surface area contributed by atoms with E-state index < -0.39 is 0 Å². The lowest BCUT2D eigenvalue weighted by Crippen LogP contribution is -2.37. The number of hydrogen-bond acceptors (Lipinski definition) is 2. The Morgan fingerprint density at radius 1 is 1.13 bits per heavy atom. The van der Waals surface area contributed by atoms with Gasteiger partial charge in [0.15, 0.2) is 0 Å². The van der Waals surface area contributed by atoms with Crippen molar-refractivity contribution in [3.63, 3.8) is 0 Å². The van der Waals surface area contributed by atoms with Crippen molar-refractivity contribution in [2.45, 2.75) is 47.5 Å². The lowest BCUT2D eigenvalue weighted by atomic mass is 9.79. The van der Waals surface area contributed by atoms with Gasteiger partial charge in [-0.2, -0.15) is 0 Å². The maximum Gasteiger partial charge on any atom is 0.141 e. The Hall–Kier alpha value is -0.370. The van der Waals surface area contributed by atoms with Crippen molar-refractivity contribution in [3.8, 4) is 0 Å². The van der Waals surface area contributed by atoms with Crippen LogP contribution in [0.4, 0.5) is 0 Å². The highest BCUT2D eigenvalue weighted by Crippen LogP contribution is 2.26. The third-order valence-corrected chi connectivity index (χ3v) is 2.83. The summed E-state index contributed by atoms with van der Waals surface area (Å²) < 4.78 is 0. The van der Waals surface area contributed by atoms with E-state index in [1.54, 1.807) is 0 Å². The number of hydrogen-bond donors (Lipinski definition) is 0. The number of carbonyl (C=O) groups excluding carboxylic acids is 1. The molecule has 1 rings (SSSR count). The van der Waals surface area contributed by atoms with Gasteiger partial charge in [0.05, 0.1) is 0 Å². The molecule has 1 aliphatic rings. The molecule has 0 N–H and O–H groups in total. The molecule has 0 spiro atoms. The average Bonchev–Trinajstić information content (AvgIpc) is 2.20. The molecule has 0 aromatic carbocycles. The van der Waals surface area contributed by atoms with Crippen LogP contribution in [0.2, 0.25) is 0 Å². The zero-order valence-corrected chi connectivity index (χ0v) is 11.3. The molecule has 0 unspecified atom stereocenters. The molecule has 15 heavy (non-hydrogen) atoms. The Kier molecular flexibility index (Phi) is 6.11. The summed E-state index contributed by atoms with van der Waals surface area (Å²) in [7, 11) is 2.12. The van der Waals surface area contributed by atoms with Crippen LogP contribution < -0.4 is 0 Å². The van der Waals surface area contributed by atoms with Crippen LogP contribution in [-0.4, -0.2) is 30.8 Å². The maximum atomic E-state index is 11.9. The second kappa shape index (κ2) is 6.26. The van der Waals surface area contributed by atoms with E-state index in [0.717, 1.165) is 25.9 Å². The fourth-order valence-corrected chi connectivity index (χ4v) is 1.88. The van der Waals surface area contributed by atoms with E-state index in [1.807, 2.05) is 34.6 Å². The van der Waals surface area contributed by atoms with Gasteiger partial charge in [-0.25, -0.2) is 0 Å². The molecule has 0 aromatic rings. The number of piperidine rings is 1. The lowest BCUT2D eigenvalue weighted by molar-refractivity contribution is -0.131. The van der Waals surface area contributed by atoms with Crippen LogP contribution in [0, 0.1) is 11.3 Å². The minimum absolute atomic E-state index is 0.152. The van der Waals surface area contributed by atoms with E-state index in [2.05, 4.69) is 11.9 Å². The molecule has 2 heteroatoms. The molecular weight excluding hydrogens is 186 g/mol. The molecule has 90 valence electrons. The molecular formula is C13H27NO. The summed E-state index contributed by atoms with van der Waals surface area (Å²) >= 11 is 0. The molecule has 0 bridgehead atoms. The molecule has 1 fully saturated rings. The SMILES string of the molecule is CC.CN1CCC(C(=O)C(C)(C)C)CC1. The Balaban J connectivity index is 0.000000921. The van der Waals surface area contributed by atoms with E-state index in [4.69, 9.17) is 0 Å². The van der Waals surface area contributed by atoms with Crippen LogP contribution in [-0.2, 0) is 4.79 Å². The second-order valence-corrected chi connectivity index (χ2v) is 5.19. The lowest BCUT2D eigenvalue weighted by Gasteiger charge is -2.31. The van der Waals surface area contributed by atoms with Gasteiger partial charge in [-0.3, -0.25) is 4.79 Å². The number of rotatable bonds is 1. The van der Waals surface area contributed by atoms with E-state index in [1.165, 1.54) is 0 Å². The Morgan fingerprint density at radius 2 is 1.53 bits per heavy atom. The third kappa shape index (κ3) is 4.78. The first kappa shape index (κ1) is 14.6. The summed E-state index contributed by atoms with van der Waals surface area (Å²) in [6.45, 7) is 12.2. The highest BCUT2D eigenvalue weighted by atomic mass is 16.1. The molecule has 0 amide bonds. The Morgan fingerprint density at radius 3 is 1.87 bits per heavy atom. The summed E-state index contributed by atoms with van der Waals surface area (Å²) in [4.78, 5) is 14.2. The fraction of sp³-hybridized carbons (Fsp3) is 0.923. The molecule has 1 saturated heterocycles. The Bertz CT molecular complexity index is 185. The summed E-state index contributed by atoms with van der Waals surface area (Å²) in [6.07, 6.45) is 2.10. The predicted octanol–water partition coefficient (Wildman–Crippen LogP) is 2.97. The van der Waals surface area contributed by atoms with Crippen LogP contribution in [0.25, 0.3) is 0 Å². The van der Waals surface area contributed by atoms with Crippen molar-refractivity contribution in [1.29, 1.82) is 0 Å². The third-order valence-electron chi connectivity index (χ3n) is 2.83. The van der Waals surface area contributed by atoms with Gasteiger partial charge < -0.3 is 4.90 Å². The van der Waals surface area contributed by atoms with E-state index >= 15 is 0 Å². The van der Waals surface area contributed by atoms with Gasteiger partial charge in [0.1, 0.15) is 5.78 Å². The largest absolute Gasteiger partial charge is 0.306 e.